The van der Waals surface area contributed by atoms with Crippen LogP contribution in [0, 0.1) is 5.82 Å². The van der Waals surface area contributed by atoms with E-state index < -0.39 is 100 Å². The predicted octanol–water partition coefficient (Wildman–Crippen LogP) is 6.38. The highest BCUT2D eigenvalue weighted by Crippen LogP contribution is 2.32. The summed E-state index contributed by atoms with van der Waals surface area (Å²) < 4.78 is 18.5. The molecule has 9 rings (SSSR count). The molecule has 3 fully saturated rings. The number of benzene rings is 3. The first-order valence-corrected chi connectivity index (χ1v) is 28.6. The summed E-state index contributed by atoms with van der Waals surface area (Å²) in [4.78, 5) is 170. The molecule has 3 aromatic carbocycles. The number of nitrogens with one attached hydrogen (secondary N) is 3. The van der Waals surface area contributed by atoms with E-state index >= 15 is 0 Å². The van der Waals surface area contributed by atoms with Crippen molar-refractivity contribution in [2.75, 3.05) is 0 Å². The number of amides is 12. The number of halogens is 1. The van der Waals surface area contributed by atoms with Crippen molar-refractivity contribution in [3.63, 3.8) is 0 Å². The number of carboxylic acid groups (broad SMARTS) is 1. The topological polar surface area (TPSA) is 314 Å². The highest BCUT2D eigenvalue weighted by atomic mass is 19.1. The molecule has 84 heavy (non-hydrogen) atoms. The Bertz CT molecular complexity index is 3180. The molecule has 0 aromatic heterocycles. The van der Waals surface area contributed by atoms with Crippen molar-refractivity contribution < 1.29 is 81.4 Å². The SMILES string of the molecule is CC(C)(C)OC(=O)CCCCCCCCc1ccc2c(c1)C(=O)N(C1CCC(=O)NC1=O)C2=O.O=C(O)CCCCCCCCc1ccc2c(c1)C(=O)N(C1CCC(=O)NC1=O)C2=O.O=C1CCC(N2C(=O)c3ccc(F)cc3C2=O)C(=O)N1. The Labute approximate surface area is 483 Å². The van der Waals surface area contributed by atoms with E-state index in [1.165, 1.54) is 6.07 Å². The van der Waals surface area contributed by atoms with Crippen LogP contribution in [0.15, 0.2) is 54.6 Å². The summed E-state index contributed by atoms with van der Waals surface area (Å²) in [5.41, 5.74) is 2.78. The summed E-state index contributed by atoms with van der Waals surface area (Å²) in [7, 11) is 0. The van der Waals surface area contributed by atoms with Gasteiger partial charge in [-0.2, -0.15) is 0 Å². The Morgan fingerprint density at radius 1 is 0.464 bits per heavy atom. The molecule has 12 amide bonds. The second-order valence-electron chi connectivity index (χ2n) is 22.5. The van der Waals surface area contributed by atoms with Crippen LogP contribution in [0.3, 0.4) is 0 Å². The number of hydrogen-bond donors (Lipinski definition) is 4. The summed E-state index contributed by atoms with van der Waals surface area (Å²) in [6.45, 7) is 5.61. The van der Waals surface area contributed by atoms with Crippen LogP contribution >= 0.6 is 0 Å². The number of imide groups is 6. The van der Waals surface area contributed by atoms with Crippen LogP contribution in [0.25, 0.3) is 0 Å². The van der Waals surface area contributed by atoms with E-state index in [1.807, 2.05) is 32.9 Å². The van der Waals surface area contributed by atoms with Crippen LogP contribution in [0.2, 0.25) is 0 Å². The molecule has 22 nitrogen and oxygen atoms in total. The summed E-state index contributed by atoms with van der Waals surface area (Å²) >= 11 is 0. The molecule has 3 unspecified atom stereocenters. The molecule has 446 valence electrons. The molecule has 0 spiro atoms. The lowest BCUT2D eigenvalue weighted by Gasteiger charge is -2.27. The van der Waals surface area contributed by atoms with E-state index in [0.29, 0.717) is 35.1 Å². The zero-order chi connectivity index (χ0) is 61.0. The van der Waals surface area contributed by atoms with Gasteiger partial charge in [-0.25, -0.2) is 4.39 Å². The third-order valence-corrected chi connectivity index (χ3v) is 15.0. The Morgan fingerprint density at radius 2 is 0.786 bits per heavy atom. The minimum Gasteiger partial charge on any atom is -0.481 e. The molecule has 0 radical (unpaired) electrons. The van der Waals surface area contributed by atoms with E-state index in [-0.39, 0.29) is 67.9 Å². The Hall–Kier alpha value is -8.63. The molecule has 0 aliphatic carbocycles. The standard InChI is InChI=1S/C26H34N2O6.C22H26N2O6.C13H9FN2O4/c1-26(2,3)34-22(30)11-9-7-5-4-6-8-10-17-12-13-18-19(16-17)25(33)28(24(18)32)20-14-15-21(29)27-23(20)31;25-18-12-11-17(20(28)23-18)24-21(29)15-10-9-14(13-16(15)22(24)30)7-5-3-1-2-4-6-8-19(26)27;14-6-1-2-7-8(5-6)13(20)16(12(7)19)9-3-4-10(17)15-11(9)18/h12-13,16,20H,4-11,14-15H2,1-3H3,(H,27,29,31);9-10,13,17H,1-8,11-12H2,(H,26,27)(H,23,25,28);1-2,5,9H,3-4H2,(H,15,17,18). The number of aliphatic carboxylic acids is 1. The maximum absolute atomic E-state index is 13.2. The molecule has 23 heteroatoms. The Balaban J connectivity index is 0.000000186. The van der Waals surface area contributed by atoms with Gasteiger partial charge in [-0.05, 0) is 132 Å². The zero-order valence-corrected chi connectivity index (χ0v) is 47.3. The van der Waals surface area contributed by atoms with Gasteiger partial charge in [0.25, 0.3) is 35.4 Å². The minimum atomic E-state index is -1.02. The molecule has 4 N–H and O–H groups in total. The van der Waals surface area contributed by atoms with Crippen LogP contribution in [0.4, 0.5) is 4.39 Å². The van der Waals surface area contributed by atoms with Gasteiger partial charge in [0.2, 0.25) is 35.4 Å². The van der Waals surface area contributed by atoms with Gasteiger partial charge in [0.15, 0.2) is 0 Å². The van der Waals surface area contributed by atoms with E-state index in [2.05, 4.69) is 16.0 Å². The van der Waals surface area contributed by atoms with Gasteiger partial charge in [-0.3, -0.25) is 97.8 Å². The van der Waals surface area contributed by atoms with Crippen LogP contribution in [0.1, 0.15) is 222 Å². The lowest BCUT2D eigenvalue weighted by molar-refractivity contribution is -0.155. The van der Waals surface area contributed by atoms with Crippen LogP contribution < -0.4 is 16.0 Å². The number of fused-ring (bicyclic) bond motifs is 3. The maximum atomic E-state index is 13.2. The number of esters is 1. The van der Waals surface area contributed by atoms with Crippen LogP contribution in [-0.4, -0.2) is 126 Å². The number of carbonyl (C=O) groups excluding carboxylic acids is 13. The molecule has 0 saturated carbocycles. The first kappa shape index (κ1) is 63.0. The largest absolute Gasteiger partial charge is 0.481 e. The average molecular weight is 1160 g/mol. The van der Waals surface area contributed by atoms with Crippen LogP contribution in [0.5, 0.6) is 0 Å². The number of ether oxygens (including phenoxy) is 1. The van der Waals surface area contributed by atoms with Crippen molar-refractivity contribution in [2.45, 2.75) is 186 Å². The highest BCUT2D eigenvalue weighted by Gasteiger charge is 2.47. The lowest BCUT2D eigenvalue weighted by Crippen LogP contribution is -2.54. The normalized spacial score (nSPS) is 19.2. The first-order chi connectivity index (χ1) is 39.9. The van der Waals surface area contributed by atoms with E-state index in [9.17, 15) is 71.5 Å². The quantitative estimate of drug-likeness (QED) is 0.0511. The van der Waals surface area contributed by atoms with Gasteiger partial charge in [0, 0.05) is 32.1 Å². The highest BCUT2D eigenvalue weighted by molar-refractivity contribution is 6.25. The molecule has 3 atom stereocenters. The molecule has 6 aliphatic rings. The fourth-order valence-corrected chi connectivity index (χ4v) is 10.8. The Morgan fingerprint density at radius 3 is 1.14 bits per heavy atom. The number of hydrogen-bond acceptors (Lipinski definition) is 15. The fourth-order valence-electron chi connectivity index (χ4n) is 10.8. The maximum Gasteiger partial charge on any atom is 0.306 e. The van der Waals surface area contributed by atoms with Gasteiger partial charge in [-0.15, -0.1) is 0 Å². The fraction of sp³-hybridized carbons (Fsp3) is 0.475. The summed E-state index contributed by atoms with van der Waals surface area (Å²) in [6, 6.07) is 10.8. The molecular weight excluding hydrogens is 1090 g/mol. The van der Waals surface area contributed by atoms with Crippen molar-refractivity contribution >= 4 is 82.8 Å². The monoisotopic (exact) mass is 1160 g/mol. The molecular formula is C61H69FN6O16. The molecule has 0 bridgehead atoms. The van der Waals surface area contributed by atoms with E-state index in [0.717, 1.165) is 121 Å². The van der Waals surface area contributed by atoms with Crippen molar-refractivity contribution in [3.05, 3.63) is 105 Å². The van der Waals surface area contributed by atoms with E-state index in [4.69, 9.17) is 9.84 Å². The summed E-state index contributed by atoms with van der Waals surface area (Å²) in [5, 5.41) is 15.1. The first-order valence-electron chi connectivity index (χ1n) is 28.6. The van der Waals surface area contributed by atoms with Gasteiger partial charge >= 0.3 is 11.9 Å². The van der Waals surface area contributed by atoms with Gasteiger partial charge in [0.1, 0.15) is 29.5 Å². The van der Waals surface area contributed by atoms with Crippen molar-refractivity contribution in [1.29, 1.82) is 0 Å². The second kappa shape index (κ2) is 28.1. The summed E-state index contributed by atoms with van der Waals surface area (Å²) in [5.74, 6) is -7.90. The van der Waals surface area contributed by atoms with Crippen molar-refractivity contribution in [1.82, 2.24) is 30.7 Å². The number of nitrogens with zero attached hydrogens (tertiary/aromatic N) is 3. The number of aryl methyl sites for hydroxylation is 2. The molecule has 6 aliphatic heterocycles. The van der Waals surface area contributed by atoms with Gasteiger partial charge in [-0.1, -0.05) is 63.5 Å². The zero-order valence-electron chi connectivity index (χ0n) is 47.3. The molecule has 3 aromatic rings. The average Bonchev–Trinajstić information content (AvgIpc) is 2.18. The lowest BCUT2D eigenvalue weighted by atomic mass is 10.0. The third kappa shape index (κ3) is 15.7. The summed E-state index contributed by atoms with van der Waals surface area (Å²) in [6.07, 6.45) is 14.5. The van der Waals surface area contributed by atoms with Gasteiger partial charge < -0.3 is 9.84 Å². The number of carboxylic acids is 1. The van der Waals surface area contributed by atoms with Crippen molar-refractivity contribution in [3.8, 4) is 0 Å². The minimum absolute atomic E-state index is 0.0537. The number of carbonyl (C=O) groups is 14. The number of rotatable bonds is 21. The Kier molecular flexibility index (Phi) is 21.1. The van der Waals surface area contributed by atoms with Crippen molar-refractivity contribution in [2.24, 2.45) is 0 Å². The molecule has 6 heterocycles. The second-order valence-corrected chi connectivity index (χ2v) is 22.5. The number of piperidine rings is 3. The molecule has 3 saturated heterocycles. The van der Waals surface area contributed by atoms with E-state index in [1.54, 1.807) is 24.3 Å². The van der Waals surface area contributed by atoms with Gasteiger partial charge in [0.05, 0.1) is 33.4 Å². The van der Waals surface area contributed by atoms with Crippen LogP contribution in [-0.2, 0) is 55.9 Å². The predicted molar refractivity (Wildman–Crippen MR) is 295 cm³/mol. The smallest absolute Gasteiger partial charge is 0.306 e. The number of unbranched alkanes of at least 4 members (excludes halogenated alkanes) is 10. The third-order valence-electron chi connectivity index (χ3n) is 15.0.